The van der Waals surface area contributed by atoms with Crippen LogP contribution in [0.2, 0.25) is 0 Å². The largest absolute Gasteiger partial charge is 0.313 e. The monoisotopic (exact) mass is 169 g/mol. The Bertz CT molecular complexity index is 134. The molecule has 72 valence electrons. The summed E-state index contributed by atoms with van der Waals surface area (Å²) in [5, 5.41) is 3.37. The summed E-state index contributed by atoms with van der Waals surface area (Å²) < 4.78 is 0. The zero-order chi connectivity index (χ0) is 9.56. The Hall–Kier alpha value is -0.300. The molecule has 0 rings (SSSR count). The first-order valence-electron chi connectivity index (χ1n) is 4.99. The van der Waals surface area contributed by atoms with Gasteiger partial charge in [-0.3, -0.25) is 0 Å². The number of hydrogen-bond donors (Lipinski definition) is 1. The fourth-order valence-electron chi connectivity index (χ4n) is 1.15. The van der Waals surface area contributed by atoms with Crippen molar-refractivity contribution in [3.63, 3.8) is 0 Å². The highest BCUT2D eigenvalue weighted by Crippen LogP contribution is 2.11. The molecule has 0 atom stereocenters. The van der Waals surface area contributed by atoms with E-state index in [1.165, 1.54) is 5.57 Å². The molecule has 12 heavy (non-hydrogen) atoms. The van der Waals surface area contributed by atoms with Crippen molar-refractivity contribution in [1.82, 2.24) is 5.32 Å². The van der Waals surface area contributed by atoms with Crippen LogP contribution in [0.1, 0.15) is 34.6 Å². The number of likely N-dealkylation sites (N-methyl/N-ethyl adjacent to an activating group) is 1. The average Bonchev–Trinajstić information content (AvgIpc) is 1.96. The summed E-state index contributed by atoms with van der Waals surface area (Å²) in [5.41, 5.74) is 1.53. The summed E-state index contributed by atoms with van der Waals surface area (Å²) in [5.74, 6) is 1.34. The Morgan fingerprint density at radius 1 is 1.25 bits per heavy atom. The van der Waals surface area contributed by atoms with E-state index in [1.807, 2.05) is 0 Å². The van der Waals surface area contributed by atoms with E-state index in [1.54, 1.807) is 0 Å². The van der Waals surface area contributed by atoms with Crippen LogP contribution in [-0.4, -0.2) is 13.1 Å². The summed E-state index contributed by atoms with van der Waals surface area (Å²) in [7, 11) is 0. The minimum atomic E-state index is 0.668. The molecule has 1 nitrogen and oxygen atoms in total. The first-order valence-corrected chi connectivity index (χ1v) is 4.99. The highest BCUT2D eigenvalue weighted by Gasteiger charge is 2.02. The van der Waals surface area contributed by atoms with Crippen molar-refractivity contribution >= 4 is 0 Å². The molecular formula is C11H23N. The van der Waals surface area contributed by atoms with Crippen LogP contribution in [0, 0.1) is 11.8 Å². The Balaban J connectivity index is 4.04. The van der Waals surface area contributed by atoms with Crippen LogP contribution in [0.4, 0.5) is 0 Å². The first kappa shape index (κ1) is 11.7. The zero-order valence-electron chi connectivity index (χ0n) is 9.15. The second kappa shape index (κ2) is 6.24. The molecule has 0 amide bonds. The van der Waals surface area contributed by atoms with E-state index in [9.17, 15) is 0 Å². The van der Waals surface area contributed by atoms with Crippen LogP contribution < -0.4 is 5.32 Å². The molecule has 0 aromatic rings. The lowest BCUT2D eigenvalue weighted by molar-refractivity contribution is 0.659. The highest BCUT2D eigenvalue weighted by molar-refractivity contribution is 5.07. The molecule has 0 aliphatic rings. The standard InChI is InChI=1S/C11H23N/c1-6-12-8-11(10(4)5)7-9(2)3/h7,9-10,12H,6,8H2,1-5H3. The van der Waals surface area contributed by atoms with Crippen molar-refractivity contribution in [2.45, 2.75) is 34.6 Å². The predicted molar refractivity (Wildman–Crippen MR) is 56.3 cm³/mol. The van der Waals surface area contributed by atoms with E-state index in [-0.39, 0.29) is 0 Å². The quantitative estimate of drug-likeness (QED) is 0.624. The van der Waals surface area contributed by atoms with E-state index < -0.39 is 0 Å². The molecule has 0 saturated heterocycles. The van der Waals surface area contributed by atoms with Crippen LogP contribution in [-0.2, 0) is 0 Å². The van der Waals surface area contributed by atoms with Crippen molar-refractivity contribution in [1.29, 1.82) is 0 Å². The van der Waals surface area contributed by atoms with Gasteiger partial charge in [0.15, 0.2) is 0 Å². The number of nitrogens with one attached hydrogen (secondary N) is 1. The number of allylic oxidation sites excluding steroid dienone is 1. The zero-order valence-corrected chi connectivity index (χ0v) is 9.15. The Kier molecular flexibility index (Phi) is 6.09. The van der Waals surface area contributed by atoms with Gasteiger partial charge in [0.25, 0.3) is 0 Å². The minimum Gasteiger partial charge on any atom is -0.313 e. The molecular weight excluding hydrogens is 146 g/mol. The second-order valence-corrected chi connectivity index (χ2v) is 3.92. The summed E-state index contributed by atoms with van der Waals surface area (Å²) in [6.07, 6.45) is 2.37. The Morgan fingerprint density at radius 2 is 1.83 bits per heavy atom. The van der Waals surface area contributed by atoms with Gasteiger partial charge in [-0.25, -0.2) is 0 Å². The third-order valence-corrected chi connectivity index (χ3v) is 1.87. The molecule has 0 aliphatic carbocycles. The maximum Gasteiger partial charge on any atom is 0.0167 e. The van der Waals surface area contributed by atoms with Gasteiger partial charge in [0.1, 0.15) is 0 Å². The third kappa shape index (κ3) is 5.36. The number of hydrogen-bond acceptors (Lipinski definition) is 1. The fraction of sp³-hybridized carbons (Fsp3) is 0.818. The minimum absolute atomic E-state index is 0.668. The van der Waals surface area contributed by atoms with Crippen LogP contribution in [0.3, 0.4) is 0 Å². The molecule has 0 fully saturated rings. The van der Waals surface area contributed by atoms with Crippen molar-refractivity contribution < 1.29 is 0 Å². The summed E-state index contributed by atoms with van der Waals surface area (Å²) in [4.78, 5) is 0. The van der Waals surface area contributed by atoms with Gasteiger partial charge < -0.3 is 5.32 Å². The lowest BCUT2D eigenvalue weighted by Gasteiger charge is -2.13. The van der Waals surface area contributed by atoms with Crippen LogP contribution >= 0.6 is 0 Å². The van der Waals surface area contributed by atoms with Gasteiger partial charge in [0, 0.05) is 6.54 Å². The lowest BCUT2D eigenvalue weighted by atomic mass is 9.99. The van der Waals surface area contributed by atoms with E-state index in [4.69, 9.17) is 0 Å². The number of rotatable bonds is 5. The average molecular weight is 169 g/mol. The van der Waals surface area contributed by atoms with E-state index in [0.29, 0.717) is 11.8 Å². The SMILES string of the molecule is CCNCC(=CC(C)C)C(C)C. The van der Waals surface area contributed by atoms with Crippen molar-refractivity contribution in [3.05, 3.63) is 11.6 Å². The van der Waals surface area contributed by atoms with Gasteiger partial charge in [0.2, 0.25) is 0 Å². The highest BCUT2D eigenvalue weighted by atomic mass is 14.8. The molecule has 0 aromatic heterocycles. The third-order valence-electron chi connectivity index (χ3n) is 1.87. The van der Waals surface area contributed by atoms with Crippen molar-refractivity contribution in [2.24, 2.45) is 11.8 Å². The summed E-state index contributed by atoms with van der Waals surface area (Å²) in [6, 6.07) is 0. The van der Waals surface area contributed by atoms with Gasteiger partial charge >= 0.3 is 0 Å². The van der Waals surface area contributed by atoms with E-state index in [2.05, 4.69) is 46.0 Å². The second-order valence-electron chi connectivity index (χ2n) is 3.92. The van der Waals surface area contributed by atoms with Crippen molar-refractivity contribution in [2.75, 3.05) is 13.1 Å². The van der Waals surface area contributed by atoms with Crippen LogP contribution in [0.5, 0.6) is 0 Å². The molecule has 0 saturated carbocycles. The van der Waals surface area contributed by atoms with Gasteiger partial charge in [-0.2, -0.15) is 0 Å². The van der Waals surface area contributed by atoms with Gasteiger partial charge in [-0.15, -0.1) is 0 Å². The first-order chi connectivity index (χ1) is 5.57. The van der Waals surface area contributed by atoms with E-state index >= 15 is 0 Å². The van der Waals surface area contributed by atoms with Gasteiger partial charge in [-0.1, -0.05) is 46.3 Å². The van der Waals surface area contributed by atoms with E-state index in [0.717, 1.165) is 13.1 Å². The normalized spacial score (nSPS) is 13.1. The predicted octanol–water partition coefficient (Wildman–Crippen LogP) is 2.83. The van der Waals surface area contributed by atoms with Crippen LogP contribution in [0.15, 0.2) is 11.6 Å². The maximum absolute atomic E-state index is 3.37. The van der Waals surface area contributed by atoms with Crippen molar-refractivity contribution in [3.8, 4) is 0 Å². The topological polar surface area (TPSA) is 12.0 Å². The molecule has 0 radical (unpaired) electrons. The maximum atomic E-state index is 3.37. The summed E-state index contributed by atoms with van der Waals surface area (Å²) in [6.45, 7) is 13.2. The molecule has 0 spiro atoms. The molecule has 0 bridgehead atoms. The molecule has 0 unspecified atom stereocenters. The Morgan fingerprint density at radius 3 is 2.17 bits per heavy atom. The smallest absolute Gasteiger partial charge is 0.0167 e. The molecule has 1 heteroatoms. The molecule has 1 N–H and O–H groups in total. The summed E-state index contributed by atoms with van der Waals surface area (Å²) >= 11 is 0. The van der Waals surface area contributed by atoms with Gasteiger partial charge in [-0.05, 0) is 18.4 Å². The van der Waals surface area contributed by atoms with Crippen LogP contribution in [0.25, 0.3) is 0 Å². The molecule has 0 aromatic carbocycles. The molecule has 0 heterocycles. The van der Waals surface area contributed by atoms with Gasteiger partial charge in [0.05, 0.1) is 0 Å². The fourth-order valence-corrected chi connectivity index (χ4v) is 1.15. The molecule has 0 aliphatic heterocycles. The Labute approximate surface area is 77.2 Å². The lowest BCUT2D eigenvalue weighted by Crippen LogP contribution is -2.19.